The monoisotopic (exact) mass is 315 g/mol. The molecular formula is C18H21NO2S. The number of amides is 1. The van der Waals surface area contributed by atoms with Crippen LogP contribution in [-0.2, 0) is 11.3 Å². The SMILES string of the molecule is CSc1ccc(CNC(=O)COc2c(C)cccc2C)cc1. The van der Waals surface area contributed by atoms with Crippen molar-refractivity contribution in [3.05, 3.63) is 59.2 Å². The molecule has 2 aromatic carbocycles. The van der Waals surface area contributed by atoms with E-state index in [9.17, 15) is 4.79 Å². The standard InChI is InChI=1S/C18H21NO2S/c1-13-5-4-6-14(2)18(13)21-12-17(20)19-11-15-7-9-16(22-3)10-8-15/h4-10H,11-12H2,1-3H3,(H,19,20). The number of thioether (sulfide) groups is 1. The van der Waals surface area contributed by atoms with E-state index in [1.165, 1.54) is 4.90 Å². The van der Waals surface area contributed by atoms with E-state index in [1.807, 2.05) is 50.4 Å². The average Bonchev–Trinajstić information content (AvgIpc) is 2.53. The Morgan fingerprint density at radius 1 is 1.09 bits per heavy atom. The third-order valence-electron chi connectivity index (χ3n) is 3.41. The van der Waals surface area contributed by atoms with E-state index in [0.29, 0.717) is 6.54 Å². The Kier molecular flexibility index (Phi) is 5.90. The summed E-state index contributed by atoms with van der Waals surface area (Å²) < 4.78 is 5.64. The Hall–Kier alpha value is -1.94. The van der Waals surface area contributed by atoms with E-state index in [2.05, 4.69) is 17.4 Å². The summed E-state index contributed by atoms with van der Waals surface area (Å²) in [6.45, 7) is 4.51. The lowest BCUT2D eigenvalue weighted by atomic mass is 10.1. The minimum Gasteiger partial charge on any atom is -0.483 e. The fraction of sp³-hybridized carbons (Fsp3) is 0.278. The molecular weight excluding hydrogens is 294 g/mol. The van der Waals surface area contributed by atoms with Crippen LogP contribution in [-0.4, -0.2) is 18.8 Å². The van der Waals surface area contributed by atoms with Crippen LogP contribution in [0.4, 0.5) is 0 Å². The molecule has 0 aliphatic heterocycles. The second-order valence-electron chi connectivity index (χ2n) is 5.13. The maximum absolute atomic E-state index is 11.9. The van der Waals surface area contributed by atoms with Crippen molar-refractivity contribution in [3.8, 4) is 5.75 Å². The van der Waals surface area contributed by atoms with Crippen molar-refractivity contribution in [1.82, 2.24) is 5.32 Å². The minimum atomic E-state index is -0.114. The molecule has 1 N–H and O–H groups in total. The van der Waals surface area contributed by atoms with E-state index < -0.39 is 0 Å². The van der Waals surface area contributed by atoms with Crippen LogP contribution in [0.25, 0.3) is 0 Å². The first kappa shape index (κ1) is 16.4. The molecule has 0 atom stereocenters. The summed E-state index contributed by atoms with van der Waals surface area (Å²) in [4.78, 5) is 13.1. The molecule has 0 saturated heterocycles. The van der Waals surface area contributed by atoms with Crippen LogP contribution in [0, 0.1) is 13.8 Å². The van der Waals surface area contributed by atoms with Gasteiger partial charge in [0.2, 0.25) is 0 Å². The second kappa shape index (κ2) is 7.90. The summed E-state index contributed by atoms with van der Waals surface area (Å²) in [7, 11) is 0. The Morgan fingerprint density at radius 2 is 1.73 bits per heavy atom. The molecule has 0 unspecified atom stereocenters. The normalized spacial score (nSPS) is 10.3. The van der Waals surface area contributed by atoms with Crippen molar-refractivity contribution in [3.63, 3.8) is 0 Å². The smallest absolute Gasteiger partial charge is 0.258 e. The first-order chi connectivity index (χ1) is 10.6. The fourth-order valence-corrected chi connectivity index (χ4v) is 2.57. The summed E-state index contributed by atoms with van der Waals surface area (Å²) in [5.74, 6) is 0.679. The van der Waals surface area contributed by atoms with Crippen molar-refractivity contribution in [2.45, 2.75) is 25.3 Å². The first-order valence-electron chi connectivity index (χ1n) is 7.19. The number of rotatable bonds is 6. The molecule has 2 aromatic rings. The van der Waals surface area contributed by atoms with Crippen molar-refractivity contribution >= 4 is 17.7 Å². The summed E-state index contributed by atoms with van der Waals surface area (Å²) >= 11 is 1.70. The first-order valence-corrected chi connectivity index (χ1v) is 8.41. The molecule has 0 fully saturated rings. The number of benzene rings is 2. The summed E-state index contributed by atoms with van der Waals surface area (Å²) in [6, 6.07) is 14.1. The third kappa shape index (κ3) is 4.53. The zero-order chi connectivity index (χ0) is 15.9. The van der Waals surface area contributed by atoms with Crippen LogP contribution < -0.4 is 10.1 Å². The number of carbonyl (C=O) groups excluding carboxylic acids is 1. The molecule has 116 valence electrons. The highest BCUT2D eigenvalue weighted by atomic mass is 32.2. The van der Waals surface area contributed by atoms with E-state index >= 15 is 0 Å². The van der Waals surface area contributed by atoms with Crippen molar-refractivity contribution in [1.29, 1.82) is 0 Å². The molecule has 0 aliphatic rings. The van der Waals surface area contributed by atoms with Crippen LogP contribution >= 0.6 is 11.8 Å². The van der Waals surface area contributed by atoms with Gasteiger partial charge in [0, 0.05) is 11.4 Å². The summed E-state index contributed by atoms with van der Waals surface area (Å²) in [5.41, 5.74) is 3.17. The van der Waals surface area contributed by atoms with Crippen LogP contribution in [0.5, 0.6) is 5.75 Å². The topological polar surface area (TPSA) is 38.3 Å². The number of carbonyl (C=O) groups is 1. The van der Waals surface area contributed by atoms with Gasteiger partial charge in [0.1, 0.15) is 5.75 Å². The predicted molar refractivity (Wildman–Crippen MR) is 91.5 cm³/mol. The molecule has 0 aromatic heterocycles. The lowest BCUT2D eigenvalue weighted by Crippen LogP contribution is -2.28. The van der Waals surface area contributed by atoms with Crippen molar-refractivity contribution in [2.24, 2.45) is 0 Å². The molecule has 2 rings (SSSR count). The quantitative estimate of drug-likeness (QED) is 0.826. The molecule has 0 saturated carbocycles. The highest BCUT2D eigenvalue weighted by molar-refractivity contribution is 7.98. The number of hydrogen-bond donors (Lipinski definition) is 1. The lowest BCUT2D eigenvalue weighted by Gasteiger charge is -2.12. The third-order valence-corrected chi connectivity index (χ3v) is 4.15. The Balaban J connectivity index is 1.83. The molecule has 0 heterocycles. The highest BCUT2D eigenvalue weighted by Crippen LogP contribution is 2.22. The molecule has 0 radical (unpaired) electrons. The number of aryl methyl sites for hydroxylation is 2. The zero-order valence-corrected chi connectivity index (χ0v) is 14.0. The molecule has 0 bridgehead atoms. The predicted octanol–water partition coefficient (Wildman–Crippen LogP) is 3.72. The van der Waals surface area contributed by atoms with Gasteiger partial charge in [-0.05, 0) is 48.9 Å². The van der Waals surface area contributed by atoms with Crippen molar-refractivity contribution < 1.29 is 9.53 Å². The lowest BCUT2D eigenvalue weighted by molar-refractivity contribution is -0.123. The van der Waals surface area contributed by atoms with Gasteiger partial charge in [0.05, 0.1) is 0 Å². The molecule has 0 spiro atoms. The van der Waals surface area contributed by atoms with Gasteiger partial charge in [-0.1, -0.05) is 30.3 Å². The molecule has 1 amide bonds. The van der Waals surface area contributed by atoms with Crippen molar-refractivity contribution in [2.75, 3.05) is 12.9 Å². The van der Waals surface area contributed by atoms with Gasteiger partial charge in [-0.3, -0.25) is 4.79 Å². The Labute approximate surface area is 136 Å². The second-order valence-corrected chi connectivity index (χ2v) is 6.01. The van der Waals surface area contributed by atoms with E-state index in [4.69, 9.17) is 4.74 Å². The Bertz CT molecular complexity index is 618. The van der Waals surface area contributed by atoms with E-state index in [1.54, 1.807) is 11.8 Å². The van der Waals surface area contributed by atoms with Crippen LogP contribution in [0.3, 0.4) is 0 Å². The number of nitrogens with one attached hydrogen (secondary N) is 1. The summed E-state index contributed by atoms with van der Waals surface area (Å²) in [5, 5.41) is 2.87. The zero-order valence-electron chi connectivity index (χ0n) is 13.2. The van der Waals surface area contributed by atoms with E-state index in [0.717, 1.165) is 22.4 Å². The average molecular weight is 315 g/mol. The maximum atomic E-state index is 11.9. The number of ether oxygens (including phenoxy) is 1. The van der Waals surface area contributed by atoms with Gasteiger partial charge >= 0.3 is 0 Å². The maximum Gasteiger partial charge on any atom is 0.258 e. The number of para-hydroxylation sites is 1. The van der Waals surface area contributed by atoms with Crippen LogP contribution in [0.15, 0.2) is 47.4 Å². The summed E-state index contributed by atoms with van der Waals surface area (Å²) in [6.07, 6.45) is 2.04. The van der Waals surface area contributed by atoms with Crippen LogP contribution in [0.1, 0.15) is 16.7 Å². The molecule has 22 heavy (non-hydrogen) atoms. The van der Waals surface area contributed by atoms with Crippen LogP contribution in [0.2, 0.25) is 0 Å². The van der Waals surface area contributed by atoms with E-state index in [-0.39, 0.29) is 12.5 Å². The highest BCUT2D eigenvalue weighted by Gasteiger charge is 2.07. The van der Waals surface area contributed by atoms with Gasteiger partial charge < -0.3 is 10.1 Å². The molecule has 4 heteroatoms. The van der Waals surface area contributed by atoms with Gasteiger partial charge in [-0.2, -0.15) is 0 Å². The molecule has 3 nitrogen and oxygen atoms in total. The van der Waals surface area contributed by atoms with Gasteiger partial charge in [-0.15, -0.1) is 11.8 Å². The van der Waals surface area contributed by atoms with Gasteiger partial charge in [0.15, 0.2) is 6.61 Å². The molecule has 0 aliphatic carbocycles. The van der Waals surface area contributed by atoms with Gasteiger partial charge in [0.25, 0.3) is 5.91 Å². The minimum absolute atomic E-state index is 0.0363. The van der Waals surface area contributed by atoms with Gasteiger partial charge in [-0.25, -0.2) is 0 Å². The number of hydrogen-bond acceptors (Lipinski definition) is 3. The fourth-order valence-electron chi connectivity index (χ4n) is 2.16. The largest absolute Gasteiger partial charge is 0.483 e. The Morgan fingerprint density at radius 3 is 2.32 bits per heavy atom.